The first-order chi connectivity index (χ1) is 22.9. The number of aliphatic hydroxyl groups is 2. The van der Waals surface area contributed by atoms with Crippen LogP contribution in [0.15, 0.2) is 72.8 Å². The normalized spacial score (nSPS) is 21.5. The molecule has 3 aromatic carbocycles. The van der Waals surface area contributed by atoms with Gasteiger partial charge in [0.1, 0.15) is 0 Å². The van der Waals surface area contributed by atoms with Gasteiger partial charge in [0.15, 0.2) is 6.29 Å². The molecule has 1 amide bonds. The summed E-state index contributed by atoms with van der Waals surface area (Å²) in [5.74, 6) is -0.782. The Morgan fingerprint density at radius 1 is 0.851 bits per heavy atom. The van der Waals surface area contributed by atoms with E-state index < -0.39 is 12.3 Å². The van der Waals surface area contributed by atoms with Gasteiger partial charge < -0.3 is 30.1 Å². The number of rotatable bonds is 16. The third-order valence-corrected chi connectivity index (χ3v) is 9.29. The monoisotopic (exact) mass is 644 g/mol. The molecule has 0 radical (unpaired) electrons. The maximum absolute atomic E-state index is 12.5. The van der Waals surface area contributed by atoms with Gasteiger partial charge in [-0.05, 0) is 60.0 Å². The second-order valence-electron chi connectivity index (χ2n) is 12.7. The van der Waals surface area contributed by atoms with E-state index in [1.807, 2.05) is 54.6 Å². The Bertz CT molecular complexity index is 1430. The minimum atomic E-state index is -0.777. The Morgan fingerprint density at radius 2 is 1.57 bits per heavy atom. The zero-order chi connectivity index (χ0) is 33.0. The Morgan fingerprint density at radius 3 is 2.30 bits per heavy atom. The fourth-order valence-electron chi connectivity index (χ4n) is 6.61. The summed E-state index contributed by atoms with van der Waals surface area (Å²) < 4.78 is 13.1. The van der Waals surface area contributed by atoms with Crippen LogP contribution in [0.25, 0.3) is 11.1 Å². The van der Waals surface area contributed by atoms with Crippen LogP contribution in [0.3, 0.4) is 0 Å². The smallest absolute Gasteiger partial charge is 0.303 e. The lowest BCUT2D eigenvalue weighted by Crippen LogP contribution is -2.42. The summed E-state index contributed by atoms with van der Waals surface area (Å²) in [4.78, 5) is 25.5. The van der Waals surface area contributed by atoms with Crippen molar-refractivity contribution in [1.82, 2.24) is 10.2 Å². The summed E-state index contributed by atoms with van der Waals surface area (Å²) >= 11 is 0. The standard InChI is InChI=1S/C38H48N2O7/c41-25-27-13-15-29(16-14-27)35-22-33(24-40-21-7-9-32(40)26-42)46-38(47-35)30-19-17-28(18-20-30)34-10-6-5-8-31(34)23-39-36(43)11-3-1-2-4-12-37(44)45/h5-6,8,10,13-20,32-33,35,38,41-42H,1-4,7,9,11-12,21-26H2,(H,39,43)(H,44,45)/t32-,33-,35+,38+/m0/s1. The van der Waals surface area contributed by atoms with Gasteiger partial charge in [-0.3, -0.25) is 14.5 Å². The van der Waals surface area contributed by atoms with Crippen molar-refractivity contribution in [2.75, 3.05) is 19.7 Å². The van der Waals surface area contributed by atoms with Gasteiger partial charge in [-0.2, -0.15) is 0 Å². The SMILES string of the molecule is O=C(O)CCCCCCC(=O)NCc1ccccc1-c1ccc([C@@H]2O[C@H](CN3CCC[C@H]3CO)C[C@H](c3ccc(CO)cc3)O2)cc1. The fourth-order valence-corrected chi connectivity index (χ4v) is 6.61. The average molecular weight is 645 g/mol. The van der Waals surface area contributed by atoms with E-state index in [1.54, 1.807) is 0 Å². The van der Waals surface area contributed by atoms with Gasteiger partial charge in [0.2, 0.25) is 5.91 Å². The predicted octanol–water partition coefficient (Wildman–Crippen LogP) is 5.89. The molecule has 2 aliphatic rings. The third-order valence-electron chi connectivity index (χ3n) is 9.29. The topological polar surface area (TPSA) is 129 Å². The molecule has 0 aromatic heterocycles. The first-order valence-electron chi connectivity index (χ1n) is 17.0. The number of amides is 1. The molecule has 9 heteroatoms. The van der Waals surface area contributed by atoms with Crippen LogP contribution >= 0.6 is 0 Å². The van der Waals surface area contributed by atoms with Crippen LogP contribution in [0.1, 0.15) is 92.4 Å². The maximum Gasteiger partial charge on any atom is 0.303 e. The molecule has 0 aliphatic carbocycles. The van der Waals surface area contributed by atoms with Gasteiger partial charge in [-0.25, -0.2) is 0 Å². The minimum Gasteiger partial charge on any atom is -0.481 e. The summed E-state index contributed by atoms with van der Waals surface area (Å²) in [6.45, 7) is 2.26. The van der Waals surface area contributed by atoms with Gasteiger partial charge in [0, 0.05) is 44.0 Å². The summed E-state index contributed by atoms with van der Waals surface area (Å²) in [5.41, 5.74) is 5.93. The Balaban J connectivity index is 1.23. The predicted molar refractivity (Wildman–Crippen MR) is 179 cm³/mol. The highest BCUT2D eigenvalue weighted by Crippen LogP contribution is 2.39. The zero-order valence-electron chi connectivity index (χ0n) is 27.1. The lowest BCUT2D eigenvalue weighted by atomic mass is 9.97. The van der Waals surface area contributed by atoms with Crippen LogP contribution in [0.5, 0.6) is 0 Å². The van der Waals surface area contributed by atoms with Crippen molar-refractivity contribution in [3.63, 3.8) is 0 Å². The lowest BCUT2D eigenvalue weighted by Gasteiger charge is -2.38. The molecule has 47 heavy (non-hydrogen) atoms. The number of aliphatic hydroxyl groups excluding tert-OH is 2. The van der Waals surface area contributed by atoms with E-state index in [2.05, 4.69) is 28.4 Å². The highest BCUT2D eigenvalue weighted by molar-refractivity contribution is 5.76. The van der Waals surface area contributed by atoms with Crippen LogP contribution < -0.4 is 5.32 Å². The zero-order valence-corrected chi connectivity index (χ0v) is 27.1. The largest absolute Gasteiger partial charge is 0.481 e. The van der Waals surface area contributed by atoms with Crippen molar-refractivity contribution in [2.45, 2.75) is 95.5 Å². The van der Waals surface area contributed by atoms with Gasteiger partial charge in [-0.15, -0.1) is 0 Å². The lowest BCUT2D eigenvalue weighted by molar-refractivity contribution is -0.253. The molecule has 4 atom stereocenters. The molecule has 2 heterocycles. The van der Waals surface area contributed by atoms with Crippen LogP contribution in [0, 0.1) is 0 Å². The molecule has 9 nitrogen and oxygen atoms in total. The van der Waals surface area contributed by atoms with Crippen molar-refractivity contribution >= 4 is 11.9 Å². The van der Waals surface area contributed by atoms with E-state index in [1.165, 1.54) is 0 Å². The highest BCUT2D eigenvalue weighted by atomic mass is 16.7. The average Bonchev–Trinajstić information content (AvgIpc) is 3.55. The molecule has 2 aliphatic heterocycles. The fraction of sp³-hybridized carbons (Fsp3) is 0.474. The van der Waals surface area contributed by atoms with Gasteiger partial charge in [-0.1, -0.05) is 85.6 Å². The van der Waals surface area contributed by atoms with Crippen molar-refractivity contribution in [1.29, 1.82) is 0 Å². The van der Waals surface area contributed by atoms with Gasteiger partial charge in [0.05, 0.1) is 25.4 Å². The molecule has 0 spiro atoms. The number of unbranched alkanes of at least 4 members (excludes halogenated alkanes) is 3. The molecule has 5 rings (SSSR count). The van der Waals surface area contributed by atoms with Crippen molar-refractivity contribution in [3.8, 4) is 11.1 Å². The quantitative estimate of drug-likeness (QED) is 0.142. The summed E-state index contributed by atoms with van der Waals surface area (Å²) in [7, 11) is 0. The number of carbonyl (C=O) groups is 2. The van der Waals surface area contributed by atoms with Crippen LogP contribution in [-0.2, 0) is 32.2 Å². The molecule has 0 unspecified atom stereocenters. The van der Waals surface area contributed by atoms with E-state index in [9.17, 15) is 19.8 Å². The first kappa shape index (κ1) is 34.7. The van der Waals surface area contributed by atoms with Crippen molar-refractivity contribution < 1.29 is 34.4 Å². The van der Waals surface area contributed by atoms with E-state index in [0.29, 0.717) is 25.8 Å². The second-order valence-corrected chi connectivity index (χ2v) is 12.7. The molecule has 252 valence electrons. The number of nitrogens with one attached hydrogen (secondary N) is 1. The van der Waals surface area contributed by atoms with E-state index >= 15 is 0 Å². The maximum atomic E-state index is 12.5. The number of carboxylic acids is 1. The number of benzene rings is 3. The van der Waals surface area contributed by atoms with Crippen LogP contribution in [-0.4, -0.2) is 63.9 Å². The number of hydrogen-bond donors (Lipinski definition) is 4. The number of carbonyl (C=O) groups excluding carboxylic acids is 1. The van der Waals surface area contributed by atoms with E-state index in [0.717, 1.165) is 78.6 Å². The molecule has 0 saturated carbocycles. The summed E-state index contributed by atoms with van der Waals surface area (Å²) in [6.07, 6.45) is 5.63. The minimum absolute atomic E-state index is 0.00288. The highest BCUT2D eigenvalue weighted by Gasteiger charge is 2.35. The molecular formula is C38H48N2O7. The van der Waals surface area contributed by atoms with E-state index in [-0.39, 0.29) is 43.8 Å². The molecule has 3 aromatic rings. The number of carboxylic acid groups (broad SMARTS) is 1. The Kier molecular flexibility index (Phi) is 12.9. The number of likely N-dealkylation sites (tertiary alicyclic amines) is 1. The Labute approximate surface area is 277 Å². The Hall–Kier alpha value is -3.60. The molecular weight excluding hydrogens is 596 g/mol. The van der Waals surface area contributed by atoms with E-state index in [4.69, 9.17) is 14.6 Å². The number of aliphatic carboxylic acids is 1. The molecule has 0 bridgehead atoms. The van der Waals surface area contributed by atoms with Gasteiger partial charge >= 0.3 is 5.97 Å². The molecule has 2 fully saturated rings. The molecule has 2 saturated heterocycles. The third kappa shape index (κ3) is 9.95. The molecule has 4 N–H and O–H groups in total. The van der Waals surface area contributed by atoms with Gasteiger partial charge in [0.25, 0.3) is 0 Å². The van der Waals surface area contributed by atoms with Crippen molar-refractivity contribution in [3.05, 3.63) is 95.1 Å². The first-order valence-corrected chi connectivity index (χ1v) is 17.0. The summed E-state index contributed by atoms with van der Waals surface area (Å²) in [6, 6.07) is 24.3. The van der Waals surface area contributed by atoms with Crippen LogP contribution in [0.4, 0.5) is 0 Å². The number of nitrogens with zero attached hydrogens (tertiary/aromatic N) is 1. The van der Waals surface area contributed by atoms with Crippen LogP contribution in [0.2, 0.25) is 0 Å². The number of ether oxygens (including phenoxy) is 2. The second kappa shape index (κ2) is 17.5. The summed E-state index contributed by atoms with van der Waals surface area (Å²) in [5, 5.41) is 31.2. The van der Waals surface area contributed by atoms with Crippen molar-refractivity contribution in [2.24, 2.45) is 0 Å². The number of hydrogen-bond acceptors (Lipinski definition) is 7.